The van der Waals surface area contributed by atoms with E-state index in [1.807, 2.05) is 62.4 Å². The van der Waals surface area contributed by atoms with Crippen molar-refractivity contribution in [3.05, 3.63) is 59.7 Å². The average Bonchev–Trinajstić information content (AvgIpc) is 2.55. The molecular formula is C19H23NO3. The van der Waals surface area contributed by atoms with Crippen LogP contribution in [0.4, 0.5) is 0 Å². The number of benzene rings is 2. The Hall–Kier alpha value is -2.49. The van der Waals surface area contributed by atoms with Crippen LogP contribution < -0.4 is 14.8 Å². The first-order chi connectivity index (χ1) is 11.1. The fourth-order valence-corrected chi connectivity index (χ4v) is 2.46. The molecule has 0 heterocycles. The Labute approximate surface area is 137 Å². The number of methoxy groups -OCH3 is 1. The smallest absolute Gasteiger partial charge is 0.223 e. The van der Waals surface area contributed by atoms with Crippen LogP contribution in [0.3, 0.4) is 0 Å². The second-order valence-electron chi connectivity index (χ2n) is 5.40. The number of aryl methyl sites for hydroxylation is 1. The number of nitrogens with one attached hydrogen (secondary N) is 1. The molecule has 0 bridgehead atoms. The third-order valence-corrected chi connectivity index (χ3v) is 3.69. The Kier molecular flexibility index (Phi) is 6.03. The summed E-state index contributed by atoms with van der Waals surface area (Å²) in [5.74, 6) is 1.28. The number of hydrogen-bond acceptors (Lipinski definition) is 3. The van der Waals surface area contributed by atoms with Crippen molar-refractivity contribution in [3.8, 4) is 11.5 Å². The van der Waals surface area contributed by atoms with Gasteiger partial charge in [0.05, 0.1) is 26.2 Å². The predicted molar refractivity (Wildman–Crippen MR) is 90.8 cm³/mol. The maximum atomic E-state index is 12.1. The van der Waals surface area contributed by atoms with Gasteiger partial charge in [0.2, 0.25) is 5.91 Å². The van der Waals surface area contributed by atoms with E-state index in [0.29, 0.717) is 24.5 Å². The molecule has 0 aliphatic rings. The lowest BCUT2D eigenvalue weighted by Crippen LogP contribution is -2.28. The first-order valence-electron chi connectivity index (χ1n) is 7.72. The van der Waals surface area contributed by atoms with Crippen molar-refractivity contribution >= 4 is 5.91 Å². The monoisotopic (exact) mass is 313 g/mol. The maximum absolute atomic E-state index is 12.1. The second-order valence-corrected chi connectivity index (χ2v) is 5.40. The molecule has 1 unspecified atom stereocenters. The summed E-state index contributed by atoms with van der Waals surface area (Å²) in [5.41, 5.74) is 2.30. The van der Waals surface area contributed by atoms with Gasteiger partial charge in [-0.2, -0.15) is 0 Å². The number of rotatable bonds is 7. The summed E-state index contributed by atoms with van der Waals surface area (Å²) in [6, 6.07) is 15.4. The number of ether oxygens (including phenoxy) is 2. The average molecular weight is 313 g/mol. The van der Waals surface area contributed by atoms with Crippen LogP contribution in [0.5, 0.6) is 11.5 Å². The number of hydrogen-bond donors (Lipinski definition) is 1. The minimum atomic E-state index is -0.0318. The van der Waals surface area contributed by atoms with Crippen molar-refractivity contribution in [2.75, 3.05) is 13.7 Å². The number of amides is 1. The molecule has 0 spiro atoms. The highest BCUT2D eigenvalue weighted by Gasteiger charge is 2.11. The van der Waals surface area contributed by atoms with E-state index in [2.05, 4.69) is 5.32 Å². The third kappa shape index (κ3) is 4.74. The molecule has 4 nitrogen and oxygen atoms in total. The molecule has 0 fully saturated rings. The maximum Gasteiger partial charge on any atom is 0.223 e. The summed E-state index contributed by atoms with van der Waals surface area (Å²) in [6.07, 6.45) is 0.300. The first-order valence-corrected chi connectivity index (χ1v) is 7.72. The molecule has 0 aliphatic heterocycles. The van der Waals surface area contributed by atoms with E-state index < -0.39 is 0 Å². The van der Waals surface area contributed by atoms with Crippen LogP contribution in [-0.2, 0) is 4.79 Å². The Morgan fingerprint density at radius 1 is 1.09 bits per heavy atom. The van der Waals surface area contributed by atoms with E-state index in [9.17, 15) is 4.79 Å². The SMILES string of the molecule is COc1ccccc1OCCC(=O)NC(C)c1ccccc1C. The molecule has 0 radical (unpaired) electrons. The molecular weight excluding hydrogens is 290 g/mol. The third-order valence-electron chi connectivity index (χ3n) is 3.69. The predicted octanol–water partition coefficient (Wildman–Crippen LogP) is 3.65. The van der Waals surface area contributed by atoms with Gasteiger partial charge in [0.25, 0.3) is 0 Å². The zero-order chi connectivity index (χ0) is 16.7. The van der Waals surface area contributed by atoms with Gasteiger partial charge in [-0.05, 0) is 37.1 Å². The Morgan fingerprint density at radius 2 is 1.74 bits per heavy atom. The lowest BCUT2D eigenvalue weighted by molar-refractivity contribution is -0.122. The van der Waals surface area contributed by atoms with Crippen molar-refractivity contribution in [2.45, 2.75) is 26.3 Å². The fourth-order valence-electron chi connectivity index (χ4n) is 2.46. The van der Waals surface area contributed by atoms with Gasteiger partial charge in [0, 0.05) is 0 Å². The van der Waals surface area contributed by atoms with E-state index in [0.717, 1.165) is 5.56 Å². The van der Waals surface area contributed by atoms with Crippen LogP contribution in [-0.4, -0.2) is 19.6 Å². The zero-order valence-corrected chi connectivity index (χ0v) is 13.8. The zero-order valence-electron chi connectivity index (χ0n) is 13.8. The van der Waals surface area contributed by atoms with Crippen molar-refractivity contribution < 1.29 is 14.3 Å². The highest BCUT2D eigenvalue weighted by atomic mass is 16.5. The van der Waals surface area contributed by atoms with Gasteiger partial charge >= 0.3 is 0 Å². The number of carbonyl (C=O) groups excluding carboxylic acids is 1. The lowest BCUT2D eigenvalue weighted by Gasteiger charge is -2.17. The van der Waals surface area contributed by atoms with Gasteiger partial charge in [0.1, 0.15) is 0 Å². The summed E-state index contributed by atoms with van der Waals surface area (Å²) < 4.78 is 10.8. The van der Waals surface area contributed by atoms with Crippen LogP contribution in [0, 0.1) is 6.92 Å². The van der Waals surface area contributed by atoms with Crippen molar-refractivity contribution in [1.82, 2.24) is 5.32 Å². The quantitative estimate of drug-likeness (QED) is 0.849. The molecule has 0 aliphatic carbocycles. The molecule has 0 saturated heterocycles. The van der Waals surface area contributed by atoms with Gasteiger partial charge in [-0.1, -0.05) is 36.4 Å². The summed E-state index contributed by atoms with van der Waals surface area (Å²) >= 11 is 0. The van der Waals surface area contributed by atoms with Crippen molar-refractivity contribution in [3.63, 3.8) is 0 Å². The number of para-hydroxylation sites is 2. The first kappa shape index (κ1) is 16.9. The van der Waals surface area contributed by atoms with Gasteiger partial charge in [0.15, 0.2) is 11.5 Å². The molecule has 0 aromatic heterocycles. The minimum Gasteiger partial charge on any atom is -0.493 e. The van der Waals surface area contributed by atoms with Crippen LogP contribution in [0.25, 0.3) is 0 Å². The molecule has 122 valence electrons. The van der Waals surface area contributed by atoms with E-state index in [1.54, 1.807) is 7.11 Å². The minimum absolute atomic E-state index is 0.0186. The standard InChI is InChI=1S/C19H23NO3/c1-14-8-4-5-9-16(14)15(2)20-19(21)12-13-23-18-11-7-6-10-17(18)22-3/h4-11,15H,12-13H2,1-3H3,(H,20,21). The normalized spacial score (nSPS) is 11.6. The second kappa shape index (κ2) is 8.22. The van der Waals surface area contributed by atoms with Crippen LogP contribution in [0.1, 0.15) is 30.5 Å². The molecule has 23 heavy (non-hydrogen) atoms. The van der Waals surface area contributed by atoms with E-state index in [1.165, 1.54) is 5.56 Å². The molecule has 2 aromatic carbocycles. The van der Waals surface area contributed by atoms with Crippen LogP contribution >= 0.6 is 0 Å². The molecule has 2 aromatic rings. The van der Waals surface area contributed by atoms with E-state index >= 15 is 0 Å². The van der Waals surface area contributed by atoms with Gasteiger partial charge in [-0.3, -0.25) is 4.79 Å². The summed E-state index contributed by atoms with van der Waals surface area (Å²) in [7, 11) is 1.60. The van der Waals surface area contributed by atoms with Gasteiger partial charge in [-0.15, -0.1) is 0 Å². The molecule has 2 rings (SSSR count). The fraction of sp³-hybridized carbons (Fsp3) is 0.316. The molecule has 0 saturated carbocycles. The Morgan fingerprint density at radius 3 is 2.43 bits per heavy atom. The molecule has 1 atom stereocenters. The van der Waals surface area contributed by atoms with Gasteiger partial charge < -0.3 is 14.8 Å². The summed E-state index contributed by atoms with van der Waals surface area (Å²) in [6.45, 7) is 4.34. The van der Waals surface area contributed by atoms with Crippen LogP contribution in [0.2, 0.25) is 0 Å². The Bertz CT molecular complexity index is 655. The van der Waals surface area contributed by atoms with E-state index in [4.69, 9.17) is 9.47 Å². The summed E-state index contributed by atoms with van der Waals surface area (Å²) in [5, 5.41) is 3.00. The van der Waals surface area contributed by atoms with E-state index in [-0.39, 0.29) is 11.9 Å². The molecule has 1 N–H and O–H groups in total. The largest absolute Gasteiger partial charge is 0.493 e. The highest BCUT2D eigenvalue weighted by molar-refractivity contribution is 5.76. The highest BCUT2D eigenvalue weighted by Crippen LogP contribution is 2.25. The Balaban J connectivity index is 1.82. The molecule has 1 amide bonds. The van der Waals surface area contributed by atoms with Crippen LogP contribution in [0.15, 0.2) is 48.5 Å². The van der Waals surface area contributed by atoms with Crippen molar-refractivity contribution in [2.24, 2.45) is 0 Å². The van der Waals surface area contributed by atoms with Gasteiger partial charge in [-0.25, -0.2) is 0 Å². The molecule has 4 heteroatoms. The summed E-state index contributed by atoms with van der Waals surface area (Å²) in [4.78, 5) is 12.1. The van der Waals surface area contributed by atoms with Crippen molar-refractivity contribution in [1.29, 1.82) is 0 Å². The lowest BCUT2D eigenvalue weighted by atomic mass is 10.0. The topological polar surface area (TPSA) is 47.6 Å². The number of carbonyl (C=O) groups is 1.